The number of pyridine rings is 1. The van der Waals surface area contributed by atoms with Gasteiger partial charge in [0.15, 0.2) is 11.6 Å². The lowest BCUT2D eigenvalue weighted by Gasteiger charge is -2.27. The Morgan fingerprint density at radius 1 is 1.59 bits per heavy atom. The zero-order valence-corrected chi connectivity index (χ0v) is 13.9. The lowest BCUT2D eigenvalue weighted by molar-refractivity contribution is 0.0597. The van der Waals surface area contributed by atoms with Gasteiger partial charge in [0.2, 0.25) is 0 Å². The number of nitrogens with zero attached hydrogens (tertiary/aromatic N) is 1. The van der Waals surface area contributed by atoms with Gasteiger partial charge in [0.25, 0.3) is 5.56 Å². The number of aromatic nitrogens is 1. The average Bonchev–Trinajstić information content (AvgIpc) is 2.51. The van der Waals surface area contributed by atoms with Crippen LogP contribution >= 0.6 is 27.5 Å². The Kier molecular flexibility index (Phi) is 3.65. The van der Waals surface area contributed by atoms with E-state index in [0.717, 1.165) is 0 Å². The summed E-state index contributed by atoms with van der Waals surface area (Å²) in [5.41, 5.74) is -0.362. The molecule has 0 saturated heterocycles. The van der Waals surface area contributed by atoms with E-state index in [2.05, 4.69) is 20.7 Å². The first kappa shape index (κ1) is 15.3. The molecule has 0 aliphatic carbocycles. The summed E-state index contributed by atoms with van der Waals surface area (Å²) in [7, 11) is 1.17. The highest BCUT2D eigenvalue weighted by atomic mass is 79.9. The molecule has 116 valence electrons. The summed E-state index contributed by atoms with van der Waals surface area (Å²) in [5, 5.41) is 0.0335. The zero-order valence-electron chi connectivity index (χ0n) is 11.6. The molecule has 2 aromatic rings. The smallest absolute Gasteiger partial charge is 0.343 e. The molecule has 2 heterocycles. The molecule has 1 atom stereocenters. The topological polar surface area (TPSA) is 57.5 Å². The summed E-state index contributed by atoms with van der Waals surface area (Å²) in [5.74, 6) is -1.31. The quantitative estimate of drug-likeness (QED) is 0.554. The van der Waals surface area contributed by atoms with E-state index in [0.29, 0.717) is 5.52 Å². The van der Waals surface area contributed by atoms with Crippen molar-refractivity contribution in [3.05, 3.63) is 37.3 Å². The van der Waals surface area contributed by atoms with Crippen molar-refractivity contribution in [2.75, 3.05) is 13.7 Å². The third kappa shape index (κ3) is 1.95. The number of benzene rings is 1. The summed E-state index contributed by atoms with van der Waals surface area (Å²) >= 11 is 9.14. The van der Waals surface area contributed by atoms with E-state index in [1.807, 2.05) is 0 Å². The Balaban J connectivity index is 2.57. The second kappa shape index (κ2) is 5.24. The highest BCUT2D eigenvalue weighted by molar-refractivity contribution is 9.10. The maximum absolute atomic E-state index is 14.2. The number of methoxy groups -OCH3 is 1. The van der Waals surface area contributed by atoms with Crippen molar-refractivity contribution in [2.45, 2.75) is 13.0 Å². The maximum atomic E-state index is 14.2. The molecule has 22 heavy (non-hydrogen) atoms. The van der Waals surface area contributed by atoms with E-state index >= 15 is 0 Å². The molecule has 1 aromatic carbocycles. The van der Waals surface area contributed by atoms with Crippen molar-refractivity contribution >= 4 is 44.4 Å². The van der Waals surface area contributed by atoms with E-state index in [1.54, 1.807) is 6.92 Å². The van der Waals surface area contributed by atoms with Crippen LogP contribution < -0.4 is 10.3 Å². The third-order valence-corrected chi connectivity index (χ3v) is 4.66. The molecule has 0 radical (unpaired) electrons. The minimum atomic E-state index is -0.796. The van der Waals surface area contributed by atoms with Gasteiger partial charge in [0, 0.05) is 5.39 Å². The molecular formula is C14H10BrClFNO4. The standard InChI is InChI=1S/C14H10BrClFNO4/c1-5-4-22-12-8(15)10(17)9(16)6-3-7(14(20)21-2)13(19)18(5)11(6)12/h3,5H,4H2,1-2H3/t5-/m0/s1. The molecule has 8 heteroatoms. The van der Waals surface area contributed by atoms with Crippen molar-refractivity contribution in [1.82, 2.24) is 4.57 Å². The minimum Gasteiger partial charge on any atom is -0.488 e. The molecule has 0 spiro atoms. The second-order valence-corrected chi connectivity index (χ2v) is 6.09. The number of carbonyl (C=O) groups excluding carboxylic acids is 1. The molecule has 0 saturated carbocycles. The number of halogens is 3. The molecule has 1 aromatic heterocycles. The van der Waals surface area contributed by atoms with Crippen LogP contribution in [0.25, 0.3) is 10.9 Å². The monoisotopic (exact) mass is 389 g/mol. The molecule has 1 aliphatic rings. The van der Waals surface area contributed by atoms with Crippen LogP contribution in [0.5, 0.6) is 5.75 Å². The highest BCUT2D eigenvalue weighted by Crippen LogP contribution is 2.43. The lowest BCUT2D eigenvalue weighted by Crippen LogP contribution is -2.34. The fourth-order valence-electron chi connectivity index (χ4n) is 2.54. The van der Waals surface area contributed by atoms with E-state index in [9.17, 15) is 14.0 Å². The van der Waals surface area contributed by atoms with Crippen molar-refractivity contribution in [1.29, 1.82) is 0 Å². The number of esters is 1. The van der Waals surface area contributed by atoms with E-state index < -0.39 is 17.3 Å². The predicted octanol–water partition coefficient (Wildman–Crippen LogP) is 3.30. The Morgan fingerprint density at radius 2 is 2.27 bits per heavy atom. The Bertz CT molecular complexity index is 880. The minimum absolute atomic E-state index is 0.0517. The van der Waals surface area contributed by atoms with Crippen molar-refractivity contribution in [3.63, 3.8) is 0 Å². The van der Waals surface area contributed by atoms with Gasteiger partial charge in [0.1, 0.15) is 12.2 Å². The lowest BCUT2D eigenvalue weighted by atomic mass is 10.1. The number of ether oxygens (including phenoxy) is 2. The van der Waals surface area contributed by atoms with Gasteiger partial charge in [-0.1, -0.05) is 11.6 Å². The SMILES string of the molecule is COC(=O)c1cc2c(Cl)c(F)c(Br)c3c2n(c1=O)[C@@H](C)CO3. The van der Waals surface area contributed by atoms with Gasteiger partial charge in [-0.15, -0.1) is 0 Å². The van der Waals surface area contributed by atoms with Crippen molar-refractivity contribution < 1.29 is 18.7 Å². The molecular weight excluding hydrogens is 381 g/mol. The Hall–Kier alpha value is -1.60. The van der Waals surface area contributed by atoms with Gasteiger partial charge in [-0.25, -0.2) is 9.18 Å². The fraction of sp³-hybridized carbons (Fsp3) is 0.286. The maximum Gasteiger partial charge on any atom is 0.343 e. The van der Waals surface area contributed by atoms with Crippen molar-refractivity contribution in [3.8, 4) is 5.75 Å². The van der Waals surface area contributed by atoms with Crippen molar-refractivity contribution in [2.24, 2.45) is 0 Å². The van der Waals surface area contributed by atoms with Crippen LogP contribution in [-0.2, 0) is 4.74 Å². The van der Waals surface area contributed by atoms with Gasteiger partial charge >= 0.3 is 5.97 Å². The van der Waals surface area contributed by atoms with Gasteiger partial charge < -0.3 is 9.47 Å². The summed E-state index contributed by atoms with van der Waals surface area (Å²) < 4.78 is 25.8. The zero-order chi connectivity index (χ0) is 16.2. The first-order valence-corrected chi connectivity index (χ1v) is 7.52. The average molecular weight is 391 g/mol. The van der Waals surface area contributed by atoms with E-state index in [1.165, 1.54) is 17.7 Å². The summed E-state index contributed by atoms with van der Waals surface area (Å²) in [6.45, 7) is 1.93. The van der Waals surface area contributed by atoms with E-state index in [4.69, 9.17) is 16.3 Å². The van der Waals surface area contributed by atoms with Crippen LogP contribution in [-0.4, -0.2) is 24.3 Å². The van der Waals surface area contributed by atoms with E-state index in [-0.39, 0.29) is 38.8 Å². The molecule has 0 bridgehead atoms. The summed E-state index contributed by atoms with van der Waals surface area (Å²) in [4.78, 5) is 24.4. The number of rotatable bonds is 1. The first-order chi connectivity index (χ1) is 10.4. The molecule has 3 rings (SSSR count). The van der Waals surface area contributed by atoms with Gasteiger partial charge in [0.05, 0.1) is 28.2 Å². The molecule has 1 aliphatic heterocycles. The van der Waals surface area contributed by atoms with Crippen LogP contribution in [0, 0.1) is 5.82 Å². The summed E-state index contributed by atoms with van der Waals surface area (Å²) in [6, 6.07) is 0.906. The normalized spacial score (nSPS) is 16.5. The predicted molar refractivity (Wildman–Crippen MR) is 82.4 cm³/mol. The van der Waals surface area contributed by atoms with Crippen LogP contribution in [0.3, 0.4) is 0 Å². The first-order valence-electron chi connectivity index (χ1n) is 6.35. The molecule has 0 N–H and O–H groups in total. The summed E-state index contributed by atoms with van der Waals surface area (Å²) in [6.07, 6.45) is 0. The van der Waals surface area contributed by atoms with Gasteiger partial charge in [-0.05, 0) is 28.9 Å². The largest absolute Gasteiger partial charge is 0.488 e. The van der Waals surface area contributed by atoms with Gasteiger partial charge in [-0.2, -0.15) is 0 Å². The number of hydrogen-bond donors (Lipinski definition) is 0. The second-order valence-electron chi connectivity index (χ2n) is 4.92. The van der Waals surface area contributed by atoms with Gasteiger partial charge in [-0.3, -0.25) is 9.36 Å². The van der Waals surface area contributed by atoms with Crippen LogP contribution in [0.15, 0.2) is 15.3 Å². The Labute approximate surface area is 137 Å². The fourth-order valence-corrected chi connectivity index (χ4v) is 3.39. The molecule has 0 fully saturated rings. The number of hydrogen-bond acceptors (Lipinski definition) is 4. The Morgan fingerprint density at radius 3 is 2.91 bits per heavy atom. The molecule has 0 amide bonds. The number of carbonyl (C=O) groups is 1. The molecule has 5 nitrogen and oxygen atoms in total. The van der Waals surface area contributed by atoms with Crippen LogP contribution in [0.2, 0.25) is 5.02 Å². The third-order valence-electron chi connectivity index (χ3n) is 3.59. The highest BCUT2D eigenvalue weighted by Gasteiger charge is 2.30. The van der Waals surface area contributed by atoms with Crippen LogP contribution in [0.1, 0.15) is 23.3 Å². The molecule has 0 unspecified atom stereocenters. The van der Waals surface area contributed by atoms with Crippen LogP contribution in [0.4, 0.5) is 4.39 Å².